The van der Waals surface area contributed by atoms with Gasteiger partial charge in [-0.15, -0.1) is 0 Å². The second-order valence-electron chi connectivity index (χ2n) is 3.84. The molecule has 1 aromatic heterocycles. The minimum Gasteiger partial charge on any atom is -0.376 e. The van der Waals surface area contributed by atoms with Crippen LogP contribution in [0.2, 0.25) is 0 Å². The number of fused-ring (bicyclic) bond motifs is 1. The van der Waals surface area contributed by atoms with Crippen LogP contribution < -0.4 is 0 Å². The van der Waals surface area contributed by atoms with Crippen molar-refractivity contribution in [2.75, 3.05) is 6.61 Å². The van der Waals surface area contributed by atoms with Gasteiger partial charge in [0.25, 0.3) is 0 Å². The standard InChI is InChI=1S/C12H11IN2O/c13-9-3-1-2-8(6-9)12-10-7-16-5-4-11(10)14-15-12/h1-3,6H,4-5,7H2,(H,14,15). The Labute approximate surface area is 107 Å². The van der Waals surface area contributed by atoms with Crippen molar-refractivity contribution in [1.82, 2.24) is 10.2 Å². The highest BCUT2D eigenvalue weighted by Crippen LogP contribution is 2.27. The summed E-state index contributed by atoms with van der Waals surface area (Å²) in [4.78, 5) is 0. The molecule has 0 atom stereocenters. The maximum atomic E-state index is 5.48. The summed E-state index contributed by atoms with van der Waals surface area (Å²) >= 11 is 2.32. The molecule has 1 aliphatic rings. The second kappa shape index (κ2) is 4.18. The lowest BCUT2D eigenvalue weighted by atomic mass is 10.0. The Morgan fingerprint density at radius 3 is 3.19 bits per heavy atom. The summed E-state index contributed by atoms with van der Waals surface area (Å²) in [7, 11) is 0. The molecular weight excluding hydrogens is 315 g/mol. The first-order chi connectivity index (χ1) is 7.84. The quantitative estimate of drug-likeness (QED) is 0.819. The number of nitrogens with zero attached hydrogens (tertiary/aromatic N) is 1. The fourth-order valence-corrected chi connectivity index (χ4v) is 2.53. The molecule has 16 heavy (non-hydrogen) atoms. The van der Waals surface area contributed by atoms with Gasteiger partial charge < -0.3 is 4.74 Å². The molecule has 82 valence electrons. The van der Waals surface area contributed by atoms with Gasteiger partial charge >= 0.3 is 0 Å². The molecule has 0 bridgehead atoms. The monoisotopic (exact) mass is 326 g/mol. The van der Waals surface area contributed by atoms with Gasteiger partial charge in [-0.1, -0.05) is 12.1 Å². The molecule has 0 aliphatic carbocycles. The molecule has 3 rings (SSSR count). The summed E-state index contributed by atoms with van der Waals surface area (Å²) in [6, 6.07) is 8.38. The molecule has 0 amide bonds. The van der Waals surface area contributed by atoms with Crippen LogP contribution in [0.25, 0.3) is 11.3 Å². The number of nitrogens with one attached hydrogen (secondary N) is 1. The van der Waals surface area contributed by atoms with E-state index in [1.807, 2.05) is 0 Å². The van der Waals surface area contributed by atoms with E-state index < -0.39 is 0 Å². The van der Waals surface area contributed by atoms with Crippen LogP contribution in [0.4, 0.5) is 0 Å². The molecular formula is C12H11IN2O. The number of aromatic nitrogens is 2. The largest absolute Gasteiger partial charge is 0.376 e. The average molecular weight is 326 g/mol. The third-order valence-electron chi connectivity index (χ3n) is 2.79. The summed E-state index contributed by atoms with van der Waals surface area (Å²) in [5.74, 6) is 0. The third-order valence-corrected chi connectivity index (χ3v) is 3.46. The molecule has 1 aromatic carbocycles. The van der Waals surface area contributed by atoms with E-state index >= 15 is 0 Å². The summed E-state index contributed by atoms with van der Waals surface area (Å²) < 4.78 is 6.71. The zero-order valence-electron chi connectivity index (χ0n) is 8.66. The van der Waals surface area contributed by atoms with E-state index in [2.05, 4.69) is 57.1 Å². The lowest BCUT2D eigenvalue weighted by molar-refractivity contribution is 0.110. The van der Waals surface area contributed by atoms with Gasteiger partial charge in [0.05, 0.1) is 18.9 Å². The van der Waals surface area contributed by atoms with Crippen molar-refractivity contribution >= 4 is 22.6 Å². The van der Waals surface area contributed by atoms with Crippen LogP contribution in [0.15, 0.2) is 24.3 Å². The lowest BCUT2D eigenvalue weighted by Crippen LogP contribution is -2.08. The van der Waals surface area contributed by atoms with E-state index in [1.165, 1.54) is 14.8 Å². The van der Waals surface area contributed by atoms with Gasteiger partial charge in [0, 0.05) is 26.8 Å². The first kappa shape index (κ1) is 10.3. The van der Waals surface area contributed by atoms with Gasteiger partial charge in [-0.3, -0.25) is 5.10 Å². The minimum absolute atomic E-state index is 0.673. The van der Waals surface area contributed by atoms with Crippen LogP contribution in [-0.4, -0.2) is 16.8 Å². The molecule has 0 spiro atoms. The van der Waals surface area contributed by atoms with Crippen molar-refractivity contribution in [1.29, 1.82) is 0 Å². The summed E-state index contributed by atoms with van der Waals surface area (Å²) in [5, 5.41) is 7.51. The number of ether oxygens (including phenoxy) is 1. The number of hydrogen-bond donors (Lipinski definition) is 1. The van der Waals surface area contributed by atoms with Gasteiger partial charge in [-0.25, -0.2) is 0 Å². The van der Waals surface area contributed by atoms with Crippen molar-refractivity contribution < 1.29 is 4.74 Å². The Bertz CT molecular complexity index is 521. The fraction of sp³-hybridized carbons (Fsp3) is 0.250. The molecule has 3 nitrogen and oxygen atoms in total. The Morgan fingerprint density at radius 2 is 2.31 bits per heavy atom. The normalized spacial score (nSPS) is 14.8. The SMILES string of the molecule is Ic1cccc(-c2n[nH]c3c2COCC3)c1. The van der Waals surface area contributed by atoms with Crippen molar-refractivity contribution in [3.8, 4) is 11.3 Å². The van der Waals surface area contributed by atoms with Gasteiger partial charge in [-0.2, -0.15) is 5.10 Å². The van der Waals surface area contributed by atoms with Gasteiger partial charge in [0.2, 0.25) is 0 Å². The number of halogens is 1. The molecule has 0 saturated carbocycles. The van der Waals surface area contributed by atoms with E-state index in [1.54, 1.807) is 0 Å². The van der Waals surface area contributed by atoms with Gasteiger partial charge in [0.1, 0.15) is 0 Å². The lowest BCUT2D eigenvalue weighted by Gasteiger charge is -2.12. The highest BCUT2D eigenvalue weighted by atomic mass is 127. The number of rotatable bonds is 1. The Morgan fingerprint density at radius 1 is 1.38 bits per heavy atom. The average Bonchev–Trinajstić information content (AvgIpc) is 2.72. The van der Waals surface area contributed by atoms with Crippen LogP contribution in [0.1, 0.15) is 11.3 Å². The minimum atomic E-state index is 0.673. The number of H-pyrrole nitrogens is 1. The molecule has 0 radical (unpaired) electrons. The Balaban J connectivity index is 2.09. The van der Waals surface area contributed by atoms with E-state index in [0.29, 0.717) is 6.61 Å². The highest BCUT2D eigenvalue weighted by Gasteiger charge is 2.18. The number of hydrogen-bond acceptors (Lipinski definition) is 2. The maximum Gasteiger partial charge on any atom is 0.0979 e. The van der Waals surface area contributed by atoms with Crippen molar-refractivity contribution in [2.24, 2.45) is 0 Å². The van der Waals surface area contributed by atoms with E-state index in [9.17, 15) is 0 Å². The topological polar surface area (TPSA) is 37.9 Å². The summed E-state index contributed by atoms with van der Waals surface area (Å²) in [6.07, 6.45) is 0.937. The molecule has 0 unspecified atom stereocenters. The van der Waals surface area contributed by atoms with E-state index in [4.69, 9.17) is 4.74 Å². The molecule has 2 aromatic rings. The third kappa shape index (κ3) is 1.76. The summed E-state index contributed by atoms with van der Waals surface area (Å²) in [6.45, 7) is 1.47. The zero-order valence-corrected chi connectivity index (χ0v) is 10.8. The molecule has 0 fully saturated rings. The van der Waals surface area contributed by atoms with Gasteiger partial charge in [-0.05, 0) is 34.7 Å². The molecule has 0 saturated heterocycles. The van der Waals surface area contributed by atoms with Gasteiger partial charge in [0.15, 0.2) is 0 Å². The molecule has 2 heterocycles. The fourth-order valence-electron chi connectivity index (χ4n) is 1.99. The first-order valence-corrected chi connectivity index (χ1v) is 6.32. The highest BCUT2D eigenvalue weighted by molar-refractivity contribution is 14.1. The predicted molar refractivity (Wildman–Crippen MR) is 70.1 cm³/mol. The Hall–Kier alpha value is -0.880. The molecule has 1 aliphatic heterocycles. The maximum absolute atomic E-state index is 5.48. The number of aromatic amines is 1. The van der Waals surface area contributed by atoms with Crippen molar-refractivity contribution in [3.05, 3.63) is 39.1 Å². The first-order valence-electron chi connectivity index (χ1n) is 5.24. The zero-order chi connectivity index (χ0) is 11.0. The van der Waals surface area contributed by atoms with Crippen LogP contribution in [0.5, 0.6) is 0 Å². The van der Waals surface area contributed by atoms with Crippen LogP contribution in [0, 0.1) is 3.57 Å². The van der Waals surface area contributed by atoms with Crippen LogP contribution >= 0.6 is 22.6 Å². The summed E-state index contributed by atoms with van der Waals surface area (Å²) in [5.41, 5.74) is 4.64. The van der Waals surface area contributed by atoms with Crippen molar-refractivity contribution in [3.63, 3.8) is 0 Å². The van der Waals surface area contributed by atoms with Crippen molar-refractivity contribution in [2.45, 2.75) is 13.0 Å². The molecule has 1 N–H and O–H groups in total. The van der Waals surface area contributed by atoms with Crippen LogP contribution in [-0.2, 0) is 17.8 Å². The Kier molecular flexibility index (Phi) is 2.69. The number of benzene rings is 1. The smallest absolute Gasteiger partial charge is 0.0979 e. The van der Waals surface area contributed by atoms with E-state index in [-0.39, 0.29) is 0 Å². The van der Waals surface area contributed by atoms with E-state index in [0.717, 1.165) is 24.3 Å². The molecule has 4 heteroatoms. The second-order valence-corrected chi connectivity index (χ2v) is 5.09. The van der Waals surface area contributed by atoms with Crippen LogP contribution in [0.3, 0.4) is 0 Å². The predicted octanol–water partition coefficient (Wildman–Crippen LogP) is 2.75.